The summed E-state index contributed by atoms with van der Waals surface area (Å²) in [7, 11) is -3.44. The zero-order chi connectivity index (χ0) is 17.2. The molecule has 0 bridgehead atoms. The van der Waals surface area contributed by atoms with Gasteiger partial charge in [0, 0.05) is 31.7 Å². The fourth-order valence-electron chi connectivity index (χ4n) is 2.81. The van der Waals surface area contributed by atoms with E-state index in [9.17, 15) is 13.2 Å². The number of aromatic nitrogens is 1. The Bertz CT molecular complexity index is 889. The molecule has 1 aliphatic rings. The van der Waals surface area contributed by atoms with Crippen LogP contribution in [-0.2, 0) is 9.84 Å². The number of amides is 1. The number of rotatable bonds is 3. The van der Waals surface area contributed by atoms with Crippen LogP contribution in [-0.4, -0.2) is 43.6 Å². The molecular formula is C18H18N2O3S. The molecule has 1 aliphatic heterocycles. The van der Waals surface area contributed by atoms with E-state index in [4.69, 9.17) is 0 Å². The molecule has 0 saturated carbocycles. The summed E-state index contributed by atoms with van der Waals surface area (Å²) in [4.78, 5) is 18.6. The van der Waals surface area contributed by atoms with Crippen molar-refractivity contribution in [3.05, 3.63) is 66.0 Å². The maximum Gasteiger partial charge on any atom is 0.255 e. The first-order chi connectivity index (χ1) is 11.5. The number of nitrogens with zero attached hydrogens (tertiary/aromatic N) is 2. The first kappa shape index (κ1) is 16.4. The fraction of sp³-hybridized carbons (Fsp3) is 0.222. The minimum Gasteiger partial charge on any atom is -0.335 e. The van der Waals surface area contributed by atoms with Gasteiger partial charge in [-0.3, -0.25) is 9.78 Å². The summed E-state index contributed by atoms with van der Waals surface area (Å²) < 4.78 is 23.8. The van der Waals surface area contributed by atoms with Gasteiger partial charge in [0.15, 0.2) is 9.84 Å². The van der Waals surface area contributed by atoms with Crippen LogP contribution in [0.1, 0.15) is 22.3 Å². The van der Waals surface area contributed by atoms with Crippen LogP contribution in [0.3, 0.4) is 0 Å². The Balaban J connectivity index is 1.83. The highest BCUT2D eigenvalue weighted by Gasteiger charge is 2.24. The molecule has 2 heterocycles. The Morgan fingerprint density at radius 1 is 1.17 bits per heavy atom. The molecule has 3 rings (SSSR count). The number of carbonyl (C=O) groups excluding carboxylic acids is 1. The molecule has 24 heavy (non-hydrogen) atoms. The number of pyridine rings is 1. The summed E-state index contributed by atoms with van der Waals surface area (Å²) in [6.45, 7) is 1.01. The molecule has 0 unspecified atom stereocenters. The summed E-state index contributed by atoms with van der Waals surface area (Å²) >= 11 is 0. The first-order valence-electron chi connectivity index (χ1n) is 7.64. The third-order valence-electron chi connectivity index (χ3n) is 4.05. The zero-order valence-corrected chi connectivity index (χ0v) is 14.2. The molecule has 0 fully saturated rings. The minimum absolute atomic E-state index is 0.0806. The van der Waals surface area contributed by atoms with Gasteiger partial charge in [-0.15, -0.1) is 0 Å². The lowest BCUT2D eigenvalue weighted by Crippen LogP contribution is -2.35. The monoisotopic (exact) mass is 342 g/mol. The van der Waals surface area contributed by atoms with Crippen LogP contribution in [0.25, 0.3) is 5.57 Å². The largest absolute Gasteiger partial charge is 0.335 e. The third kappa shape index (κ3) is 3.38. The topological polar surface area (TPSA) is 67.3 Å². The molecule has 0 aliphatic carbocycles. The van der Waals surface area contributed by atoms with Crippen LogP contribution >= 0.6 is 0 Å². The summed E-state index contributed by atoms with van der Waals surface area (Å²) in [5.74, 6) is -0.252. The van der Waals surface area contributed by atoms with Crippen molar-refractivity contribution in [1.82, 2.24) is 9.88 Å². The van der Waals surface area contributed by atoms with Gasteiger partial charge in [0.2, 0.25) is 0 Å². The smallest absolute Gasteiger partial charge is 0.255 e. The molecule has 1 aromatic carbocycles. The lowest BCUT2D eigenvalue weighted by atomic mass is 10.0. The van der Waals surface area contributed by atoms with Crippen molar-refractivity contribution in [3.8, 4) is 0 Å². The van der Waals surface area contributed by atoms with E-state index in [-0.39, 0.29) is 16.4 Å². The number of benzene rings is 1. The van der Waals surface area contributed by atoms with Crippen molar-refractivity contribution in [2.75, 3.05) is 19.3 Å². The lowest BCUT2D eigenvalue weighted by molar-refractivity contribution is 0.0769. The van der Waals surface area contributed by atoms with Gasteiger partial charge >= 0.3 is 0 Å². The van der Waals surface area contributed by atoms with Gasteiger partial charge in [-0.1, -0.05) is 24.3 Å². The average molecular weight is 342 g/mol. The molecule has 5 nitrogen and oxygen atoms in total. The number of hydrogen-bond donors (Lipinski definition) is 0. The van der Waals surface area contributed by atoms with Gasteiger partial charge in [0.05, 0.1) is 10.5 Å². The molecule has 0 saturated heterocycles. The highest BCUT2D eigenvalue weighted by atomic mass is 32.2. The molecule has 124 valence electrons. The molecule has 0 spiro atoms. The molecule has 6 heteroatoms. The van der Waals surface area contributed by atoms with Crippen LogP contribution in [0.5, 0.6) is 0 Å². The Hall–Kier alpha value is -2.47. The van der Waals surface area contributed by atoms with Gasteiger partial charge in [-0.05, 0) is 35.8 Å². The van der Waals surface area contributed by atoms with Crippen molar-refractivity contribution in [2.24, 2.45) is 0 Å². The van der Waals surface area contributed by atoms with Crippen molar-refractivity contribution < 1.29 is 13.2 Å². The second kappa shape index (κ2) is 6.57. The summed E-state index contributed by atoms with van der Waals surface area (Å²) in [5.41, 5.74) is 2.45. The van der Waals surface area contributed by atoms with Crippen molar-refractivity contribution in [1.29, 1.82) is 0 Å². The zero-order valence-electron chi connectivity index (χ0n) is 13.3. The average Bonchev–Trinajstić information content (AvgIpc) is 2.61. The fourth-order valence-corrected chi connectivity index (χ4v) is 3.69. The Morgan fingerprint density at radius 3 is 2.58 bits per heavy atom. The molecular weight excluding hydrogens is 324 g/mol. The molecule has 1 aromatic heterocycles. The normalized spacial score (nSPS) is 15.0. The molecule has 0 N–H and O–H groups in total. The van der Waals surface area contributed by atoms with Crippen LogP contribution in [0, 0.1) is 0 Å². The molecule has 2 aromatic rings. The summed E-state index contributed by atoms with van der Waals surface area (Å²) in [6, 6.07) is 10.2. The highest BCUT2D eigenvalue weighted by molar-refractivity contribution is 7.90. The van der Waals surface area contributed by atoms with Crippen LogP contribution in [0.2, 0.25) is 0 Å². The Kier molecular flexibility index (Phi) is 4.49. The van der Waals surface area contributed by atoms with Crippen molar-refractivity contribution in [3.63, 3.8) is 0 Å². The van der Waals surface area contributed by atoms with E-state index in [1.54, 1.807) is 29.3 Å². The predicted octanol–water partition coefficient (Wildman–Crippen LogP) is 2.41. The van der Waals surface area contributed by atoms with Crippen molar-refractivity contribution >= 4 is 21.3 Å². The highest BCUT2D eigenvalue weighted by Crippen LogP contribution is 2.24. The predicted molar refractivity (Wildman–Crippen MR) is 92.3 cm³/mol. The minimum atomic E-state index is -3.44. The van der Waals surface area contributed by atoms with E-state index in [0.717, 1.165) is 23.8 Å². The number of carbonyl (C=O) groups is 1. The van der Waals surface area contributed by atoms with E-state index < -0.39 is 9.84 Å². The lowest BCUT2D eigenvalue weighted by Gasteiger charge is -2.27. The second-order valence-corrected chi connectivity index (χ2v) is 7.72. The van der Waals surface area contributed by atoms with E-state index in [1.807, 2.05) is 24.4 Å². The first-order valence-corrected chi connectivity index (χ1v) is 9.54. The standard InChI is InChI=1S/C18H18N2O3S/c1-24(22,23)17-7-3-2-6-16(17)18(21)20-11-8-14(9-12-20)15-5-4-10-19-13-15/h2-8,10,13H,9,11-12H2,1H3. The SMILES string of the molecule is CS(=O)(=O)c1ccccc1C(=O)N1CC=C(c2cccnc2)CC1. The maximum absolute atomic E-state index is 12.7. The maximum atomic E-state index is 12.7. The van der Waals surface area contributed by atoms with E-state index in [0.29, 0.717) is 13.1 Å². The summed E-state index contributed by atoms with van der Waals surface area (Å²) in [6.07, 6.45) is 7.38. The molecule has 0 radical (unpaired) electrons. The number of hydrogen-bond acceptors (Lipinski definition) is 4. The van der Waals surface area contributed by atoms with Gasteiger partial charge < -0.3 is 4.90 Å². The quantitative estimate of drug-likeness (QED) is 0.859. The van der Waals surface area contributed by atoms with Crippen LogP contribution < -0.4 is 0 Å². The van der Waals surface area contributed by atoms with Gasteiger partial charge in [-0.2, -0.15) is 0 Å². The Labute approximate surface area is 141 Å². The number of sulfone groups is 1. The van der Waals surface area contributed by atoms with Crippen LogP contribution in [0.15, 0.2) is 59.8 Å². The van der Waals surface area contributed by atoms with Gasteiger partial charge in [-0.25, -0.2) is 8.42 Å². The van der Waals surface area contributed by atoms with Gasteiger partial charge in [0.1, 0.15) is 0 Å². The van der Waals surface area contributed by atoms with Crippen LogP contribution in [0.4, 0.5) is 0 Å². The molecule has 1 amide bonds. The Morgan fingerprint density at radius 2 is 1.96 bits per heavy atom. The van der Waals surface area contributed by atoms with Gasteiger partial charge in [0.25, 0.3) is 5.91 Å². The second-order valence-electron chi connectivity index (χ2n) is 5.74. The van der Waals surface area contributed by atoms with Crippen molar-refractivity contribution in [2.45, 2.75) is 11.3 Å². The molecule has 0 atom stereocenters. The third-order valence-corrected chi connectivity index (χ3v) is 5.20. The van der Waals surface area contributed by atoms with E-state index in [2.05, 4.69) is 4.98 Å². The van der Waals surface area contributed by atoms with E-state index >= 15 is 0 Å². The van der Waals surface area contributed by atoms with E-state index in [1.165, 1.54) is 6.07 Å². The summed E-state index contributed by atoms with van der Waals surface area (Å²) in [5, 5.41) is 0.